The molecule has 0 aliphatic carbocycles. The average Bonchev–Trinajstić information content (AvgIpc) is 2.53. The SMILES string of the molecule is CCn1c(C(=O)O)c(C)c2cc(O)c(C)cc21. The Morgan fingerprint density at radius 1 is 1.35 bits per heavy atom. The van der Waals surface area contributed by atoms with Gasteiger partial charge in [0.05, 0.1) is 0 Å². The number of benzene rings is 1. The number of hydrogen-bond donors (Lipinski definition) is 2. The van der Waals surface area contributed by atoms with E-state index >= 15 is 0 Å². The fourth-order valence-electron chi connectivity index (χ4n) is 2.26. The maximum absolute atomic E-state index is 11.3. The summed E-state index contributed by atoms with van der Waals surface area (Å²) >= 11 is 0. The molecule has 0 radical (unpaired) electrons. The number of nitrogens with zero attached hydrogens (tertiary/aromatic N) is 1. The van der Waals surface area contributed by atoms with Crippen molar-refractivity contribution in [3.63, 3.8) is 0 Å². The molecule has 0 amide bonds. The number of fused-ring (bicyclic) bond motifs is 1. The van der Waals surface area contributed by atoms with Gasteiger partial charge in [0, 0.05) is 17.4 Å². The molecule has 0 spiro atoms. The fourth-order valence-corrected chi connectivity index (χ4v) is 2.26. The third kappa shape index (κ3) is 1.56. The molecule has 17 heavy (non-hydrogen) atoms. The third-order valence-corrected chi connectivity index (χ3v) is 3.15. The minimum atomic E-state index is -0.933. The van der Waals surface area contributed by atoms with Crippen LogP contribution in [-0.4, -0.2) is 20.7 Å². The maximum Gasteiger partial charge on any atom is 0.352 e. The van der Waals surface area contributed by atoms with Crippen LogP contribution in [0, 0.1) is 13.8 Å². The quantitative estimate of drug-likeness (QED) is 0.838. The summed E-state index contributed by atoms with van der Waals surface area (Å²) in [4.78, 5) is 11.3. The van der Waals surface area contributed by atoms with Gasteiger partial charge in [0.15, 0.2) is 0 Å². The minimum Gasteiger partial charge on any atom is -0.508 e. The topological polar surface area (TPSA) is 62.5 Å². The van der Waals surface area contributed by atoms with E-state index in [1.807, 2.05) is 13.0 Å². The summed E-state index contributed by atoms with van der Waals surface area (Å²) in [6.45, 7) is 6.08. The van der Waals surface area contributed by atoms with E-state index in [1.165, 1.54) is 0 Å². The molecule has 0 unspecified atom stereocenters. The number of phenols is 1. The molecule has 0 aliphatic heterocycles. The molecule has 4 heteroatoms. The molecule has 0 bridgehead atoms. The fraction of sp³-hybridized carbons (Fsp3) is 0.308. The van der Waals surface area contributed by atoms with Crippen LogP contribution in [-0.2, 0) is 6.54 Å². The summed E-state index contributed by atoms with van der Waals surface area (Å²) < 4.78 is 1.76. The van der Waals surface area contributed by atoms with Gasteiger partial charge in [-0.15, -0.1) is 0 Å². The molecule has 2 rings (SSSR count). The lowest BCUT2D eigenvalue weighted by molar-refractivity contribution is 0.0685. The Hall–Kier alpha value is -1.97. The van der Waals surface area contributed by atoms with Gasteiger partial charge in [0.1, 0.15) is 11.4 Å². The van der Waals surface area contributed by atoms with Crippen LogP contribution in [0.3, 0.4) is 0 Å². The number of carbonyl (C=O) groups is 1. The van der Waals surface area contributed by atoms with Crippen LogP contribution in [0.15, 0.2) is 12.1 Å². The van der Waals surface area contributed by atoms with Gasteiger partial charge in [-0.3, -0.25) is 0 Å². The zero-order valence-corrected chi connectivity index (χ0v) is 10.1. The highest BCUT2D eigenvalue weighted by atomic mass is 16.4. The van der Waals surface area contributed by atoms with E-state index in [0.717, 1.165) is 16.5 Å². The zero-order chi connectivity index (χ0) is 12.7. The largest absolute Gasteiger partial charge is 0.508 e. The van der Waals surface area contributed by atoms with E-state index < -0.39 is 5.97 Å². The molecular weight excluding hydrogens is 218 g/mol. The molecule has 0 saturated heterocycles. The first-order chi connectivity index (χ1) is 7.97. The first kappa shape index (κ1) is 11.5. The zero-order valence-electron chi connectivity index (χ0n) is 10.1. The van der Waals surface area contributed by atoms with Crippen molar-refractivity contribution in [2.24, 2.45) is 0 Å². The summed E-state index contributed by atoms with van der Waals surface area (Å²) in [6.07, 6.45) is 0. The predicted molar refractivity (Wildman–Crippen MR) is 65.7 cm³/mol. The lowest BCUT2D eigenvalue weighted by Gasteiger charge is -2.05. The third-order valence-electron chi connectivity index (χ3n) is 3.15. The molecule has 4 nitrogen and oxygen atoms in total. The van der Waals surface area contributed by atoms with Crippen LogP contribution in [0.5, 0.6) is 5.75 Å². The first-order valence-electron chi connectivity index (χ1n) is 5.53. The van der Waals surface area contributed by atoms with Crippen molar-refractivity contribution in [2.45, 2.75) is 27.3 Å². The number of phenolic OH excluding ortho intramolecular Hbond substituents is 1. The van der Waals surface area contributed by atoms with Crippen molar-refractivity contribution in [3.05, 3.63) is 29.0 Å². The van der Waals surface area contributed by atoms with Crippen LogP contribution in [0.1, 0.15) is 28.5 Å². The molecule has 1 aromatic carbocycles. The molecule has 2 N–H and O–H groups in total. The van der Waals surface area contributed by atoms with Crippen molar-refractivity contribution in [3.8, 4) is 5.75 Å². The number of aryl methyl sites for hydroxylation is 3. The Bertz CT molecular complexity index is 611. The van der Waals surface area contributed by atoms with Crippen LogP contribution >= 0.6 is 0 Å². The van der Waals surface area contributed by atoms with Crippen molar-refractivity contribution in [2.75, 3.05) is 0 Å². The second kappa shape index (κ2) is 3.80. The molecule has 1 heterocycles. The van der Waals surface area contributed by atoms with Crippen molar-refractivity contribution >= 4 is 16.9 Å². The highest BCUT2D eigenvalue weighted by Crippen LogP contribution is 2.31. The van der Waals surface area contributed by atoms with Crippen molar-refractivity contribution < 1.29 is 15.0 Å². The van der Waals surface area contributed by atoms with Gasteiger partial charge in [-0.25, -0.2) is 4.79 Å². The molecule has 2 aromatic rings. The summed E-state index contributed by atoms with van der Waals surface area (Å²) in [5.74, 6) is -0.733. The number of aromatic carboxylic acids is 1. The van der Waals surface area contributed by atoms with Gasteiger partial charge in [0.25, 0.3) is 0 Å². The Labute approximate surface area is 99.1 Å². The smallest absolute Gasteiger partial charge is 0.352 e. The van der Waals surface area contributed by atoms with Gasteiger partial charge in [-0.1, -0.05) is 0 Å². The van der Waals surface area contributed by atoms with E-state index in [4.69, 9.17) is 0 Å². The van der Waals surface area contributed by atoms with E-state index in [0.29, 0.717) is 17.8 Å². The summed E-state index contributed by atoms with van der Waals surface area (Å²) in [7, 11) is 0. The summed E-state index contributed by atoms with van der Waals surface area (Å²) in [5.41, 5.74) is 2.61. The predicted octanol–water partition coefficient (Wildman–Crippen LogP) is 2.68. The van der Waals surface area contributed by atoms with E-state index in [-0.39, 0.29) is 5.75 Å². The molecule has 0 aliphatic rings. The molecule has 0 saturated carbocycles. The van der Waals surface area contributed by atoms with Crippen molar-refractivity contribution in [1.29, 1.82) is 0 Å². The van der Waals surface area contributed by atoms with Gasteiger partial charge >= 0.3 is 5.97 Å². The second-order valence-electron chi connectivity index (χ2n) is 4.18. The Morgan fingerprint density at radius 3 is 2.53 bits per heavy atom. The second-order valence-corrected chi connectivity index (χ2v) is 4.18. The number of aromatic nitrogens is 1. The molecule has 90 valence electrons. The van der Waals surface area contributed by atoms with Gasteiger partial charge < -0.3 is 14.8 Å². The highest BCUT2D eigenvalue weighted by molar-refractivity contribution is 5.98. The number of aromatic hydroxyl groups is 1. The monoisotopic (exact) mass is 233 g/mol. The standard InChI is InChI=1S/C13H15NO3/c1-4-14-10-5-7(2)11(15)6-9(10)8(3)12(14)13(16)17/h5-6,15H,4H2,1-3H3,(H,16,17). The van der Waals surface area contributed by atoms with E-state index in [2.05, 4.69) is 0 Å². The summed E-state index contributed by atoms with van der Waals surface area (Å²) in [6, 6.07) is 3.46. The normalized spacial score (nSPS) is 11.0. The Morgan fingerprint density at radius 2 is 2.00 bits per heavy atom. The maximum atomic E-state index is 11.3. The first-order valence-corrected chi connectivity index (χ1v) is 5.53. The number of rotatable bonds is 2. The summed E-state index contributed by atoms with van der Waals surface area (Å²) in [5, 5.41) is 19.7. The van der Waals surface area contributed by atoms with Crippen LogP contribution in [0.2, 0.25) is 0 Å². The van der Waals surface area contributed by atoms with Gasteiger partial charge in [-0.05, 0) is 44.0 Å². The molecule has 1 aromatic heterocycles. The highest BCUT2D eigenvalue weighted by Gasteiger charge is 2.19. The number of hydrogen-bond acceptors (Lipinski definition) is 2. The van der Waals surface area contributed by atoms with E-state index in [1.54, 1.807) is 24.5 Å². The number of carboxylic acids is 1. The van der Waals surface area contributed by atoms with Gasteiger partial charge in [-0.2, -0.15) is 0 Å². The average molecular weight is 233 g/mol. The minimum absolute atomic E-state index is 0.200. The molecule has 0 fully saturated rings. The van der Waals surface area contributed by atoms with Crippen LogP contribution in [0.25, 0.3) is 10.9 Å². The lowest BCUT2D eigenvalue weighted by atomic mass is 10.1. The van der Waals surface area contributed by atoms with Crippen molar-refractivity contribution in [1.82, 2.24) is 4.57 Å². The van der Waals surface area contributed by atoms with Crippen LogP contribution < -0.4 is 0 Å². The van der Waals surface area contributed by atoms with E-state index in [9.17, 15) is 15.0 Å². The Kier molecular flexibility index (Phi) is 2.58. The Balaban J connectivity index is 2.94. The van der Waals surface area contributed by atoms with Crippen LogP contribution in [0.4, 0.5) is 0 Å². The lowest BCUT2D eigenvalue weighted by Crippen LogP contribution is -2.08. The molecule has 0 atom stereocenters. The molecular formula is C13H15NO3. The number of carboxylic acid groups (broad SMARTS) is 1. The van der Waals surface area contributed by atoms with Gasteiger partial charge in [0.2, 0.25) is 0 Å².